The van der Waals surface area contributed by atoms with Crippen molar-refractivity contribution >= 4 is 17.3 Å². The molecular weight excluding hydrogens is 308 g/mol. The molecule has 1 amide bonds. The number of ether oxygens (including phenoxy) is 1. The molecule has 0 aliphatic heterocycles. The second-order valence-electron chi connectivity index (χ2n) is 5.46. The number of nitrogens with one attached hydrogen (secondary N) is 1. The normalized spacial score (nSPS) is 11.6. The molecule has 1 N–H and O–H groups in total. The molecule has 6 heteroatoms. The molecule has 126 valence electrons. The molecule has 0 spiro atoms. The lowest BCUT2D eigenvalue weighted by Gasteiger charge is -2.17. The van der Waals surface area contributed by atoms with Crippen molar-refractivity contribution in [3.63, 3.8) is 0 Å². The quantitative estimate of drug-likeness (QED) is 0.644. The van der Waals surface area contributed by atoms with E-state index in [1.54, 1.807) is 6.92 Å². The largest absolute Gasteiger partial charge is 0.481 e. The van der Waals surface area contributed by atoms with Gasteiger partial charge in [0.2, 0.25) is 0 Å². The molecule has 0 heterocycles. The van der Waals surface area contributed by atoms with E-state index in [-0.39, 0.29) is 11.6 Å². The van der Waals surface area contributed by atoms with E-state index in [0.29, 0.717) is 5.75 Å². The molecule has 2 aromatic rings. The zero-order valence-electron chi connectivity index (χ0n) is 13.9. The van der Waals surface area contributed by atoms with Crippen molar-refractivity contribution in [3.05, 3.63) is 63.7 Å². The third-order valence-corrected chi connectivity index (χ3v) is 3.72. The third-order valence-electron chi connectivity index (χ3n) is 3.72. The van der Waals surface area contributed by atoms with Gasteiger partial charge in [0, 0.05) is 17.8 Å². The maximum Gasteiger partial charge on any atom is 0.269 e. The highest BCUT2D eigenvalue weighted by Crippen LogP contribution is 2.22. The van der Waals surface area contributed by atoms with Crippen molar-refractivity contribution < 1.29 is 14.5 Å². The molecule has 0 aromatic heterocycles. The van der Waals surface area contributed by atoms with Crippen LogP contribution in [0.1, 0.15) is 25.0 Å². The minimum absolute atomic E-state index is 0.0213. The fraction of sp³-hybridized carbons (Fsp3) is 0.278. The second kappa shape index (κ2) is 7.59. The molecule has 0 aliphatic rings. The van der Waals surface area contributed by atoms with Crippen LogP contribution in [0.25, 0.3) is 0 Å². The predicted molar refractivity (Wildman–Crippen MR) is 92.4 cm³/mol. The molecule has 0 saturated heterocycles. The van der Waals surface area contributed by atoms with Gasteiger partial charge in [0.15, 0.2) is 6.10 Å². The Labute approximate surface area is 140 Å². The molecule has 1 atom stereocenters. The van der Waals surface area contributed by atoms with E-state index in [1.165, 1.54) is 24.3 Å². The molecule has 0 saturated carbocycles. The van der Waals surface area contributed by atoms with Crippen LogP contribution in [0, 0.1) is 17.0 Å². The number of nitro benzene ring substituents is 1. The number of carbonyl (C=O) groups excluding carboxylic acids is 1. The summed E-state index contributed by atoms with van der Waals surface area (Å²) in [5, 5.41) is 13.5. The number of amides is 1. The topological polar surface area (TPSA) is 81.5 Å². The number of hydrogen-bond acceptors (Lipinski definition) is 4. The van der Waals surface area contributed by atoms with Crippen molar-refractivity contribution in [3.8, 4) is 5.75 Å². The lowest BCUT2D eigenvalue weighted by molar-refractivity contribution is -0.384. The maximum absolute atomic E-state index is 12.4. The van der Waals surface area contributed by atoms with Gasteiger partial charge in [-0.05, 0) is 43.5 Å². The van der Waals surface area contributed by atoms with Crippen molar-refractivity contribution in [2.24, 2.45) is 0 Å². The molecule has 0 fully saturated rings. The zero-order valence-corrected chi connectivity index (χ0v) is 13.9. The summed E-state index contributed by atoms with van der Waals surface area (Å²) in [6, 6.07) is 11.5. The first kappa shape index (κ1) is 17.5. The fourth-order valence-electron chi connectivity index (χ4n) is 2.33. The summed E-state index contributed by atoms with van der Waals surface area (Å²) in [7, 11) is 0. The molecule has 24 heavy (non-hydrogen) atoms. The Bertz CT molecular complexity index is 741. The lowest BCUT2D eigenvalue weighted by Crippen LogP contribution is -2.30. The number of nitro groups is 1. The van der Waals surface area contributed by atoms with Gasteiger partial charge in [-0.15, -0.1) is 0 Å². The van der Waals surface area contributed by atoms with Gasteiger partial charge in [0.25, 0.3) is 11.6 Å². The number of non-ortho nitro benzene ring substituents is 1. The maximum atomic E-state index is 12.4. The van der Waals surface area contributed by atoms with Crippen LogP contribution in [0.15, 0.2) is 42.5 Å². The minimum atomic E-state index is -0.726. The monoisotopic (exact) mass is 328 g/mol. The van der Waals surface area contributed by atoms with E-state index >= 15 is 0 Å². The van der Waals surface area contributed by atoms with Crippen LogP contribution < -0.4 is 10.1 Å². The van der Waals surface area contributed by atoms with E-state index in [1.807, 2.05) is 32.0 Å². The molecule has 2 rings (SSSR count). The average molecular weight is 328 g/mol. The smallest absolute Gasteiger partial charge is 0.269 e. The molecule has 0 aliphatic carbocycles. The summed E-state index contributed by atoms with van der Waals surface area (Å²) < 4.78 is 5.56. The average Bonchev–Trinajstić information content (AvgIpc) is 2.57. The fourth-order valence-corrected chi connectivity index (χ4v) is 2.33. The van der Waals surface area contributed by atoms with Crippen molar-refractivity contribution in [2.75, 3.05) is 5.32 Å². The van der Waals surface area contributed by atoms with Gasteiger partial charge >= 0.3 is 0 Å². The number of hydrogen-bond donors (Lipinski definition) is 1. The molecular formula is C18H20N2O4. The van der Waals surface area contributed by atoms with Gasteiger partial charge in [0.05, 0.1) is 4.92 Å². The Morgan fingerprint density at radius 1 is 1.25 bits per heavy atom. The van der Waals surface area contributed by atoms with Crippen LogP contribution in [-0.2, 0) is 11.2 Å². The Morgan fingerprint density at radius 3 is 2.50 bits per heavy atom. The minimum Gasteiger partial charge on any atom is -0.481 e. The zero-order chi connectivity index (χ0) is 17.7. The Hall–Kier alpha value is -2.89. The van der Waals surface area contributed by atoms with Crippen LogP contribution in [-0.4, -0.2) is 16.9 Å². The van der Waals surface area contributed by atoms with Gasteiger partial charge in [-0.3, -0.25) is 14.9 Å². The number of benzene rings is 2. The molecule has 0 unspecified atom stereocenters. The van der Waals surface area contributed by atoms with Crippen molar-refractivity contribution in [1.82, 2.24) is 0 Å². The Morgan fingerprint density at radius 2 is 1.92 bits per heavy atom. The Balaban J connectivity index is 2.06. The first-order valence-electron chi connectivity index (χ1n) is 7.72. The van der Waals surface area contributed by atoms with Crippen molar-refractivity contribution in [1.29, 1.82) is 0 Å². The van der Waals surface area contributed by atoms with Gasteiger partial charge in [-0.25, -0.2) is 0 Å². The number of rotatable bonds is 6. The Kier molecular flexibility index (Phi) is 5.52. The van der Waals surface area contributed by atoms with Gasteiger partial charge in [0.1, 0.15) is 5.75 Å². The number of nitrogens with zero attached hydrogens (tertiary/aromatic N) is 1. The van der Waals surface area contributed by atoms with E-state index in [4.69, 9.17) is 4.74 Å². The van der Waals surface area contributed by atoms with Crippen LogP contribution in [0.2, 0.25) is 0 Å². The standard InChI is InChI=1S/C18H20N2O4/c1-4-14-7-5-6-12(2)17(14)19-18(21)13(3)24-16-10-8-15(9-11-16)20(22)23/h5-11,13H,4H2,1-3H3,(H,19,21)/t13-/m1/s1. The molecule has 2 aromatic carbocycles. The van der Waals surface area contributed by atoms with E-state index < -0.39 is 11.0 Å². The highest BCUT2D eigenvalue weighted by molar-refractivity contribution is 5.95. The van der Waals surface area contributed by atoms with Crippen molar-refractivity contribution in [2.45, 2.75) is 33.3 Å². The van der Waals surface area contributed by atoms with Crippen LogP contribution in [0.5, 0.6) is 5.75 Å². The van der Waals surface area contributed by atoms with Crippen LogP contribution in [0.3, 0.4) is 0 Å². The lowest BCUT2D eigenvalue weighted by atomic mass is 10.1. The number of aryl methyl sites for hydroxylation is 2. The molecule has 0 radical (unpaired) electrons. The predicted octanol–water partition coefficient (Wildman–Crippen LogP) is 3.87. The van der Waals surface area contributed by atoms with E-state index in [0.717, 1.165) is 23.2 Å². The molecule has 6 nitrogen and oxygen atoms in total. The highest BCUT2D eigenvalue weighted by Gasteiger charge is 2.17. The van der Waals surface area contributed by atoms with E-state index in [2.05, 4.69) is 5.32 Å². The summed E-state index contributed by atoms with van der Waals surface area (Å²) in [5.74, 6) is 0.140. The summed E-state index contributed by atoms with van der Waals surface area (Å²) in [5.41, 5.74) is 2.84. The first-order valence-corrected chi connectivity index (χ1v) is 7.72. The van der Waals surface area contributed by atoms with E-state index in [9.17, 15) is 14.9 Å². The number of anilines is 1. The number of para-hydroxylation sites is 1. The summed E-state index contributed by atoms with van der Waals surface area (Å²) in [6.07, 6.45) is 0.0882. The summed E-state index contributed by atoms with van der Waals surface area (Å²) in [6.45, 7) is 5.61. The SMILES string of the molecule is CCc1cccc(C)c1NC(=O)[C@@H](C)Oc1ccc([N+](=O)[O-])cc1. The summed E-state index contributed by atoms with van der Waals surface area (Å²) in [4.78, 5) is 22.5. The van der Waals surface area contributed by atoms with Gasteiger partial charge in [-0.1, -0.05) is 25.1 Å². The summed E-state index contributed by atoms with van der Waals surface area (Å²) >= 11 is 0. The first-order chi connectivity index (χ1) is 11.4. The molecule has 0 bridgehead atoms. The third kappa shape index (κ3) is 4.10. The highest BCUT2D eigenvalue weighted by atomic mass is 16.6. The van der Waals surface area contributed by atoms with Crippen LogP contribution in [0.4, 0.5) is 11.4 Å². The van der Waals surface area contributed by atoms with Gasteiger partial charge < -0.3 is 10.1 Å². The number of carbonyl (C=O) groups is 1. The second-order valence-corrected chi connectivity index (χ2v) is 5.46. The van der Waals surface area contributed by atoms with Crippen LogP contribution >= 0.6 is 0 Å². The van der Waals surface area contributed by atoms with Gasteiger partial charge in [-0.2, -0.15) is 0 Å².